The molecule has 2 rings (SSSR count). The van der Waals surface area contributed by atoms with Crippen LogP contribution in [0.15, 0.2) is 24.3 Å². The van der Waals surface area contributed by atoms with Crippen LogP contribution >= 0.6 is 0 Å². The minimum Gasteiger partial charge on any atom is -0.310 e. The second-order valence-corrected chi connectivity index (χ2v) is 6.52. The minimum atomic E-state index is 0.459. The first-order valence-electron chi connectivity index (χ1n) is 8.77. The molecule has 1 heterocycles. The Hall–Kier alpha value is -0.860. The average molecular weight is 288 g/mol. The van der Waals surface area contributed by atoms with Crippen molar-refractivity contribution in [3.05, 3.63) is 35.4 Å². The largest absolute Gasteiger partial charge is 0.310 e. The van der Waals surface area contributed by atoms with Gasteiger partial charge in [0.15, 0.2) is 0 Å². The van der Waals surface area contributed by atoms with Crippen LogP contribution in [0.3, 0.4) is 0 Å². The molecule has 118 valence electrons. The molecule has 1 aromatic carbocycles. The van der Waals surface area contributed by atoms with Crippen molar-refractivity contribution in [3.8, 4) is 0 Å². The normalized spacial score (nSPS) is 20.8. The summed E-state index contributed by atoms with van der Waals surface area (Å²) in [6.45, 7) is 11.7. The smallest absolute Gasteiger partial charge is 0.0291 e. The quantitative estimate of drug-likeness (QED) is 0.777. The molecule has 21 heavy (non-hydrogen) atoms. The molecule has 2 heteroatoms. The Morgan fingerprint density at radius 3 is 2.62 bits per heavy atom. The summed E-state index contributed by atoms with van der Waals surface area (Å²) in [7, 11) is 0. The molecule has 1 aromatic rings. The Morgan fingerprint density at radius 1 is 1.24 bits per heavy atom. The van der Waals surface area contributed by atoms with Crippen LogP contribution in [0, 0.1) is 5.92 Å². The second kappa shape index (κ2) is 8.55. The van der Waals surface area contributed by atoms with Crippen molar-refractivity contribution < 1.29 is 0 Å². The zero-order valence-electron chi connectivity index (χ0n) is 14.1. The van der Waals surface area contributed by atoms with Crippen molar-refractivity contribution in [2.75, 3.05) is 26.2 Å². The first-order valence-corrected chi connectivity index (χ1v) is 8.77. The number of aryl methyl sites for hydroxylation is 1. The van der Waals surface area contributed by atoms with E-state index in [-0.39, 0.29) is 0 Å². The Morgan fingerprint density at radius 2 is 2.00 bits per heavy atom. The van der Waals surface area contributed by atoms with Crippen LogP contribution < -0.4 is 5.32 Å². The van der Waals surface area contributed by atoms with Gasteiger partial charge in [0, 0.05) is 12.6 Å². The van der Waals surface area contributed by atoms with Gasteiger partial charge in [-0.05, 0) is 62.9 Å². The van der Waals surface area contributed by atoms with Gasteiger partial charge in [0.2, 0.25) is 0 Å². The van der Waals surface area contributed by atoms with E-state index in [0.29, 0.717) is 6.04 Å². The first kappa shape index (κ1) is 16.5. The monoisotopic (exact) mass is 288 g/mol. The lowest BCUT2D eigenvalue weighted by molar-refractivity contribution is 0.336. The number of unbranched alkanes of at least 4 members (excludes halogenated alkanes) is 1. The number of hydrogen-bond donors (Lipinski definition) is 1. The lowest BCUT2D eigenvalue weighted by Crippen LogP contribution is -2.28. The molecule has 1 N–H and O–H groups in total. The fourth-order valence-corrected chi connectivity index (χ4v) is 3.18. The van der Waals surface area contributed by atoms with E-state index in [9.17, 15) is 0 Å². The van der Waals surface area contributed by atoms with Crippen molar-refractivity contribution in [2.45, 2.75) is 52.5 Å². The molecule has 1 fully saturated rings. The zero-order chi connectivity index (χ0) is 15.1. The van der Waals surface area contributed by atoms with E-state index in [1.165, 1.54) is 56.4 Å². The molecule has 0 aromatic heterocycles. The summed E-state index contributed by atoms with van der Waals surface area (Å²) < 4.78 is 0. The van der Waals surface area contributed by atoms with Crippen LogP contribution in [0.1, 0.15) is 57.2 Å². The first-order chi connectivity index (χ1) is 10.2. The fraction of sp³-hybridized carbons (Fsp3) is 0.684. The molecule has 2 unspecified atom stereocenters. The van der Waals surface area contributed by atoms with E-state index in [4.69, 9.17) is 0 Å². The summed E-state index contributed by atoms with van der Waals surface area (Å²) in [5.74, 6) is 0.830. The highest BCUT2D eigenvalue weighted by molar-refractivity contribution is 5.24. The SMILES string of the molecule is CCCCc1ccc(C(C)NCC2CCN(CC)C2)cc1. The molecule has 1 aliphatic rings. The Labute approximate surface area is 130 Å². The van der Waals surface area contributed by atoms with E-state index in [2.05, 4.69) is 55.3 Å². The molecular weight excluding hydrogens is 256 g/mol. The van der Waals surface area contributed by atoms with Crippen molar-refractivity contribution in [1.29, 1.82) is 0 Å². The van der Waals surface area contributed by atoms with Gasteiger partial charge in [0.25, 0.3) is 0 Å². The molecule has 0 radical (unpaired) electrons. The molecule has 2 nitrogen and oxygen atoms in total. The summed E-state index contributed by atoms with van der Waals surface area (Å²) in [6, 6.07) is 9.67. The third kappa shape index (κ3) is 5.12. The number of hydrogen-bond acceptors (Lipinski definition) is 2. The lowest BCUT2D eigenvalue weighted by atomic mass is 10.0. The van der Waals surface area contributed by atoms with Crippen molar-refractivity contribution >= 4 is 0 Å². The van der Waals surface area contributed by atoms with Crippen LogP contribution in [-0.2, 0) is 6.42 Å². The van der Waals surface area contributed by atoms with Gasteiger partial charge in [-0.15, -0.1) is 0 Å². The molecular formula is C19H32N2. The van der Waals surface area contributed by atoms with Gasteiger partial charge in [-0.25, -0.2) is 0 Å². The van der Waals surface area contributed by atoms with E-state index in [1.807, 2.05) is 0 Å². The van der Waals surface area contributed by atoms with E-state index >= 15 is 0 Å². The molecule has 0 amide bonds. The predicted octanol–water partition coefficient (Wildman–Crippen LogP) is 4.02. The third-order valence-corrected chi connectivity index (χ3v) is 4.83. The highest BCUT2D eigenvalue weighted by Crippen LogP contribution is 2.18. The molecule has 1 saturated heterocycles. The molecule has 0 bridgehead atoms. The lowest BCUT2D eigenvalue weighted by Gasteiger charge is -2.18. The fourth-order valence-electron chi connectivity index (χ4n) is 3.18. The number of rotatable bonds is 8. The highest BCUT2D eigenvalue weighted by atomic mass is 15.1. The maximum Gasteiger partial charge on any atom is 0.0291 e. The maximum absolute atomic E-state index is 3.72. The summed E-state index contributed by atoms with van der Waals surface area (Å²) in [5, 5.41) is 3.72. The van der Waals surface area contributed by atoms with E-state index in [1.54, 1.807) is 0 Å². The van der Waals surface area contributed by atoms with Crippen molar-refractivity contribution in [2.24, 2.45) is 5.92 Å². The number of likely N-dealkylation sites (tertiary alicyclic amines) is 1. The molecule has 2 atom stereocenters. The summed E-state index contributed by atoms with van der Waals surface area (Å²) >= 11 is 0. The number of nitrogens with one attached hydrogen (secondary N) is 1. The van der Waals surface area contributed by atoms with E-state index in [0.717, 1.165) is 12.5 Å². The standard InChI is InChI=1S/C19H32N2/c1-4-6-7-17-8-10-19(11-9-17)16(3)20-14-18-12-13-21(5-2)15-18/h8-11,16,18,20H,4-7,12-15H2,1-3H3. The predicted molar refractivity (Wildman–Crippen MR) is 91.7 cm³/mol. The van der Waals surface area contributed by atoms with Gasteiger partial charge >= 0.3 is 0 Å². The third-order valence-electron chi connectivity index (χ3n) is 4.83. The van der Waals surface area contributed by atoms with Gasteiger partial charge in [0.1, 0.15) is 0 Å². The van der Waals surface area contributed by atoms with Crippen LogP contribution in [0.25, 0.3) is 0 Å². The molecule has 1 aliphatic heterocycles. The van der Waals surface area contributed by atoms with Gasteiger partial charge in [-0.1, -0.05) is 44.5 Å². The van der Waals surface area contributed by atoms with Gasteiger partial charge in [-0.2, -0.15) is 0 Å². The highest BCUT2D eigenvalue weighted by Gasteiger charge is 2.21. The van der Waals surface area contributed by atoms with Crippen LogP contribution in [-0.4, -0.2) is 31.1 Å². The summed E-state index contributed by atoms with van der Waals surface area (Å²) in [6.07, 6.45) is 5.13. The van der Waals surface area contributed by atoms with Crippen LogP contribution in [0.4, 0.5) is 0 Å². The van der Waals surface area contributed by atoms with E-state index < -0.39 is 0 Å². The van der Waals surface area contributed by atoms with Crippen LogP contribution in [0.5, 0.6) is 0 Å². The van der Waals surface area contributed by atoms with Crippen molar-refractivity contribution in [3.63, 3.8) is 0 Å². The summed E-state index contributed by atoms with van der Waals surface area (Å²) in [5.41, 5.74) is 2.89. The van der Waals surface area contributed by atoms with Gasteiger partial charge in [-0.3, -0.25) is 0 Å². The Kier molecular flexibility index (Phi) is 6.72. The Balaban J connectivity index is 1.76. The molecule has 0 spiro atoms. The topological polar surface area (TPSA) is 15.3 Å². The number of nitrogens with zero attached hydrogens (tertiary/aromatic N) is 1. The second-order valence-electron chi connectivity index (χ2n) is 6.52. The van der Waals surface area contributed by atoms with Crippen molar-refractivity contribution in [1.82, 2.24) is 10.2 Å². The van der Waals surface area contributed by atoms with Crippen LogP contribution in [0.2, 0.25) is 0 Å². The van der Waals surface area contributed by atoms with Gasteiger partial charge in [0.05, 0.1) is 0 Å². The zero-order valence-corrected chi connectivity index (χ0v) is 14.1. The average Bonchev–Trinajstić information content (AvgIpc) is 2.99. The number of benzene rings is 1. The Bertz CT molecular complexity index is 399. The molecule has 0 saturated carbocycles. The molecule has 0 aliphatic carbocycles. The maximum atomic E-state index is 3.72. The minimum absolute atomic E-state index is 0.459. The summed E-state index contributed by atoms with van der Waals surface area (Å²) in [4.78, 5) is 2.56. The van der Waals surface area contributed by atoms with Gasteiger partial charge < -0.3 is 10.2 Å².